The van der Waals surface area contributed by atoms with Gasteiger partial charge < -0.3 is 16.9 Å². The van der Waals surface area contributed by atoms with Gasteiger partial charge in [-0.25, -0.2) is 19.0 Å². The molecular formula is C18H21N8NaO3. The number of aromatic nitrogens is 6. The number of hydrogen-bond acceptors (Lipinski definition) is 9. The SMILES string of the molecule is CC(=O)c1cc(C)c2c(N)ncnn12.CC(=O)c1cc(C)c2c(N)ncnn12.[Na+].[OH-]. The first-order valence-electron chi connectivity index (χ1n) is 8.41. The number of Topliss-reactive ketones (excluding diaryl/α,β-unsaturated/α-hetero) is 2. The third kappa shape index (κ3) is 4.49. The molecule has 0 fully saturated rings. The van der Waals surface area contributed by atoms with E-state index >= 15 is 0 Å². The summed E-state index contributed by atoms with van der Waals surface area (Å²) in [7, 11) is 0. The van der Waals surface area contributed by atoms with E-state index < -0.39 is 0 Å². The summed E-state index contributed by atoms with van der Waals surface area (Å²) in [6, 6.07) is 3.53. The second kappa shape index (κ2) is 9.76. The first kappa shape index (κ1) is 25.2. The number of ketones is 2. The smallest absolute Gasteiger partial charge is 0.870 e. The molecule has 0 saturated carbocycles. The predicted octanol–water partition coefficient (Wildman–Crippen LogP) is -1.53. The maximum Gasteiger partial charge on any atom is 1.00 e. The second-order valence-electron chi connectivity index (χ2n) is 6.35. The third-order valence-corrected chi connectivity index (χ3v) is 4.27. The molecule has 4 heterocycles. The predicted molar refractivity (Wildman–Crippen MR) is 106 cm³/mol. The molecule has 0 radical (unpaired) electrons. The number of nitrogens with two attached hydrogens (primary N) is 2. The van der Waals surface area contributed by atoms with Crippen LogP contribution in [-0.4, -0.2) is 46.2 Å². The van der Waals surface area contributed by atoms with Gasteiger partial charge >= 0.3 is 29.6 Å². The van der Waals surface area contributed by atoms with E-state index in [-0.39, 0.29) is 46.6 Å². The van der Waals surface area contributed by atoms with Crippen LogP contribution in [0.3, 0.4) is 0 Å². The van der Waals surface area contributed by atoms with Crippen molar-refractivity contribution in [2.24, 2.45) is 0 Å². The van der Waals surface area contributed by atoms with Gasteiger partial charge in [-0.15, -0.1) is 0 Å². The number of nitrogens with zero attached hydrogens (tertiary/aromatic N) is 6. The number of nitrogen functional groups attached to an aromatic ring is 2. The Balaban J connectivity index is 0.000000281. The summed E-state index contributed by atoms with van der Waals surface area (Å²) in [5.74, 6) is 0.715. The van der Waals surface area contributed by atoms with Gasteiger partial charge in [0, 0.05) is 13.8 Å². The fourth-order valence-corrected chi connectivity index (χ4v) is 3.01. The van der Waals surface area contributed by atoms with Gasteiger partial charge in [-0.3, -0.25) is 9.59 Å². The molecule has 4 aromatic heterocycles. The fraction of sp³-hybridized carbons (Fsp3) is 0.222. The molecule has 30 heavy (non-hydrogen) atoms. The van der Waals surface area contributed by atoms with E-state index in [1.54, 1.807) is 12.1 Å². The molecule has 5 N–H and O–H groups in total. The first-order chi connectivity index (χ1) is 13.2. The van der Waals surface area contributed by atoms with Crippen molar-refractivity contribution in [1.29, 1.82) is 0 Å². The maximum atomic E-state index is 11.3. The number of carbonyl (C=O) groups is 2. The summed E-state index contributed by atoms with van der Waals surface area (Å²) >= 11 is 0. The normalized spacial score (nSPS) is 10.0. The van der Waals surface area contributed by atoms with Crippen molar-refractivity contribution < 1.29 is 44.6 Å². The summed E-state index contributed by atoms with van der Waals surface area (Å²) < 4.78 is 3.06. The molecule has 0 aliphatic heterocycles. The van der Waals surface area contributed by atoms with Crippen molar-refractivity contribution in [1.82, 2.24) is 29.2 Å². The molecule has 4 aromatic rings. The molecule has 152 valence electrons. The van der Waals surface area contributed by atoms with Crippen LogP contribution in [0.1, 0.15) is 46.0 Å². The van der Waals surface area contributed by atoms with Gasteiger partial charge in [0.25, 0.3) is 0 Å². The van der Waals surface area contributed by atoms with Crippen molar-refractivity contribution in [3.05, 3.63) is 47.3 Å². The Morgan fingerprint density at radius 1 is 0.800 bits per heavy atom. The van der Waals surface area contributed by atoms with E-state index in [0.717, 1.165) is 11.1 Å². The Hall–Kier alpha value is -2.86. The number of fused-ring (bicyclic) bond motifs is 2. The Labute approximate surface area is 194 Å². The van der Waals surface area contributed by atoms with Gasteiger partial charge in [-0.05, 0) is 37.1 Å². The largest absolute Gasteiger partial charge is 1.00 e. The van der Waals surface area contributed by atoms with Gasteiger partial charge in [0.2, 0.25) is 0 Å². The molecule has 0 aliphatic rings. The number of rotatable bonds is 2. The molecule has 0 saturated heterocycles. The van der Waals surface area contributed by atoms with Crippen LogP contribution in [0.5, 0.6) is 0 Å². The van der Waals surface area contributed by atoms with E-state index in [1.165, 1.54) is 35.5 Å². The molecule has 0 spiro atoms. The van der Waals surface area contributed by atoms with Crippen LogP contribution in [0.4, 0.5) is 11.6 Å². The topological polar surface area (TPSA) is 177 Å². The molecule has 0 amide bonds. The van der Waals surface area contributed by atoms with Crippen molar-refractivity contribution in [2.75, 3.05) is 11.5 Å². The average molecular weight is 420 g/mol. The van der Waals surface area contributed by atoms with Gasteiger partial charge in [0.05, 0.1) is 0 Å². The third-order valence-electron chi connectivity index (χ3n) is 4.27. The van der Waals surface area contributed by atoms with Gasteiger partial charge in [-0.1, -0.05) is 0 Å². The van der Waals surface area contributed by atoms with Gasteiger partial charge in [-0.2, -0.15) is 10.2 Å². The zero-order valence-electron chi connectivity index (χ0n) is 17.4. The molecule has 12 heteroatoms. The Morgan fingerprint density at radius 2 is 1.13 bits per heavy atom. The van der Waals surface area contributed by atoms with Crippen LogP contribution >= 0.6 is 0 Å². The van der Waals surface area contributed by atoms with Crippen molar-refractivity contribution in [3.8, 4) is 0 Å². The van der Waals surface area contributed by atoms with Gasteiger partial charge in [0.15, 0.2) is 23.2 Å². The summed E-state index contributed by atoms with van der Waals surface area (Å²) in [5.41, 5.74) is 15.7. The van der Waals surface area contributed by atoms with Gasteiger partial charge in [0.1, 0.15) is 35.1 Å². The van der Waals surface area contributed by atoms with E-state index in [0.29, 0.717) is 34.1 Å². The first-order valence-corrected chi connectivity index (χ1v) is 8.41. The van der Waals surface area contributed by atoms with Crippen LogP contribution in [0.2, 0.25) is 0 Å². The molecule has 0 aromatic carbocycles. The molecule has 4 rings (SSSR count). The van der Waals surface area contributed by atoms with Crippen LogP contribution in [0, 0.1) is 13.8 Å². The minimum absolute atomic E-state index is 0. The second-order valence-corrected chi connectivity index (χ2v) is 6.35. The standard InChI is InChI=1S/2C9H10N4O.Na.H2O/c2*1-5-3-7(6(2)14)13-8(5)9(10)11-4-12-13;;/h2*3-4H,1-2H3,(H2,10,11,12);;1H2/q;;+1;/p-1. The Kier molecular flexibility index (Phi) is 8.19. The van der Waals surface area contributed by atoms with Crippen LogP contribution in [0.25, 0.3) is 11.0 Å². The zero-order chi connectivity index (χ0) is 20.6. The number of aryl methyl sites for hydroxylation is 2. The number of hydrogen-bond donors (Lipinski definition) is 2. The molecule has 0 unspecified atom stereocenters. The zero-order valence-corrected chi connectivity index (χ0v) is 19.4. The fourth-order valence-electron chi connectivity index (χ4n) is 3.01. The van der Waals surface area contributed by atoms with E-state index in [2.05, 4.69) is 20.2 Å². The summed E-state index contributed by atoms with van der Waals surface area (Å²) in [6.45, 7) is 6.75. The number of carbonyl (C=O) groups excluding carboxylic acids is 2. The molecular weight excluding hydrogens is 399 g/mol. The average Bonchev–Trinajstić information content (AvgIpc) is 3.15. The Bertz CT molecular complexity index is 1140. The van der Waals surface area contributed by atoms with E-state index in [1.807, 2.05) is 13.8 Å². The molecule has 0 bridgehead atoms. The molecule has 11 nitrogen and oxygen atoms in total. The number of anilines is 2. The van der Waals surface area contributed by atoms with Crippen LogP contribution < -0.4 is 41.0 Å². The van der Waals surface area contributed by atoms with Crippen molar-refractivity contribution in [2.45, 2.75) is 27.7 Å². The maximum absolute atomic E-state index is 11.3. The summed E-state index contributed by atoms with van der Waals surface area (Å²) in [4.78, 5) is 30.3. The van der Waals surface area contributed by atoms with Crippen LogP contribution in [0.15, 0.2) is 24.8 Å². The minimum atomic E-state index is -0.0359. The molecule has 0 atom stereocenters. The monoisotopic (exact) mass is 420 g/mol. The summed E-state index contributed by atoms with van der Waals surface area (Å²) in [6.07, 6.45) is 2.68. The van der Waals surface area contributed by atoms with Crippen molar-refractivity contribution in [3.63, 3.8) is 0 Å². The Morgan fingerprint density at radius 3 is 1.43 bits per heavy atom. The van der Waals surface area contributed by atoms with E-state index in [4.69, 9.17) is 11.5 Å². The van der Waals surface area contributed by atoms with Crippen LogP contribution in [-0.2, 0) is 0 Å². The summed E-state index contributed by atoms with van der Waals surface area (Å²) in [5, 5.41) is 7.98. The minimum Gasteiger partial charge on any atom is -0.870 e. The quantitative estimate of drug-likeness (QED) is 0.288. The molecule has 0 aliphatic carbocycles. The van der Waals surface area contributed by atoms with E-state index in [9.17, 15) is 9.59 Å². The van der Waals surface area contributed by atoms with Crippen molar-refractivity contribution >= 4 is 34.2 Å².